The highest BCUT2D eigenvalue weighted by molar-refractivity contribution is 6.09. The second kappa shape index (κ2) is 2.83. The van der Waals surface area contributed by atoms with Gasteiger partial charge in [0.2, 0.25) is 11.9 Å². The standard InChI is InChI=1S/C8H12N4O/c1-6-5-7(13)12-4-3-9-8(12)11(2)10-6/h3-5H2,1-2H3. The molecule has 5 nitrogen and oxygen atoms in total. The summed E-state index contributed by atoms with van der Waals surface area (Å²) in [7, 11) is 1.82. The van der Waals surface area contributed by atoms with Crippen molar-refractivity contribution in [2.45, 2.75) is 13.3 Å². The summed E-state index contributed by atoms with van der Waals surface area (Å²) in [6.07, 6.45) is 0.406. The van der Waals surface area contributed by atoms with Crippen LogP contribution in [0.15, 0.2) is 10.1 Å². The van der Waals surface area contributed by atoms with Crippen LogP contribution in [-0.2, 0) is 4.79 Å². The van der Waals surface area contributed by atoms with Crippen molar-refractivity contribution < 1.29 is 4.79 Å². The maximum atomic E-state index is 11.6. The van der Waals surface area contributed by atoms with Crippen molar-refractivity contribution in [3.05, 3.63) is 0 Å². The highest BCUT2D eigenvalue weighted by Crippen LogP contribution is 2.12. The number of carbonyl (C=O) groups is 1. The third kappa shape index (κ3) is 1.30. The molecule has 0 unspecified atom stereocenters. The number of carbonyl (C=O) groups excluding carboxylic acids is 1. The molecule has 5 heteroatoms. The predicted molar refractivity (Wildman–Crippen MR) is 49.5 cm³/mol. The molecule has 1 amide bonds. The fourth-order valence-electron chi connectivity index (χ4n) is 1.60. The van der Waals surface area contributed by atoms with Crippen molar-refractivity contribution in [3.63, 3.8) is 0 Å². The van der Waals surface area contributed by atoms with Crippen LogP contribution in [0.3, 0.4) is 0 Å². The molecule has 0 saturated carbocycles. The molecule has 0 atom stereocenters. The van der Waals surface area contributed by atoms with Gasteiger partial charge < -0.3 is 0 Å². The summed E-state index contributed by atoms with van der Waals surface area (Å²) in [6.45, 7) is 3.25. The molecule has 2 aliphatic rings. The Labute approximate surface area is 76.7 Å². The van der Waals surface area contributed by atoms with E-state index in [1.165, 1.54) is 0 Å². The minimum Gasteiger partial charge on any atom is -0.279 e. The zero-order chi connectivity index (χ0) is 9.42. The van der Waals surface area contributed by atoms with Crippen molar-refractivity contribution in [2.24, 2.45) is 10.1 Å². The lowest BCUT2D eigenvalue weighted by atomic mass is 10.3. The molecular weight excluding hydrogens is 168 g/mol. The molecule has 2 rings (SSSR count). The van der Waals surface area contributed by atoms with Crippen LogP contribution in [0.2, 0.25) is 0 Å². The topological polar surface area (TPSA) is 48.3 Å². The largest absolute Gasteiger partial charge is 0.279 e. The molecule has 0 aromatic heterocycles. The van der Waals surface area contributed by atoms with Gasteiger partial charge in [-0.05, 0) is 6.92 Å². The molecule has 0 aromatic carbocycles. The molecule has 70 valence electrons. The van der Waals surface area contributed by atoms with Crippen molar-refractivity contribution in [3.8, 4) is 0 Å². The second-order valence-electron chi connectivity index (χ2n) is 3.26. The van der Waals surface area contributed by atoms with Crippen molar-refractivity contribution in [2.75, 3.05) is 20.1 Å². The molecular formula is C8H12N4O. The van der Waals surface area contributed by atoms with Crippen molar-refractivity contribution >= 4 is 17.6 Å². The molecule has 2 aliphatic heterocycles. The number of rotatable bonds is 0. The van der Waals surface area contributed by atoms with Gasteiger partial charge in [0, 0.05) is 19.3 Å². The second-order valence-corrected chi connectivity index (χ2v) is 3.26. The highest BCUT2D eigenvalue weighted by Gasteiger charge is 2.29. The molecule has 0 spiro atoms. The summed E-state index contributed by atoms with van der Waals surface area (Å²) in [5, 5.41) is 5.90. The van der Waals surface area contributed by atoms with Gasteiger partial charge in [0.25, 0.3) is 0 Å². The maximum Gasteiger partial charge on any atom is 0.235 e. The summed E-state index contributed by atoms with van der Waals surface area (Å²) in [4.78, 5) is 17.5. The molecule has 0 bridgehead atoms. The van der Waals surface area contributed by atoms with Crippen molar-refractivity contribution in [1.29, 1.82) is 0 Å². The number of hydrogen-bond donors (Lipinski definition) is 0. The Hall–Kier alpha value is -1.39. The van der Waals surface area contributed by atoms with Crippen LogP contribution in [0.25, 0.3) is 0 Å². The zero-order valence-electron chi connectivity index (χ0n) is 7.82. The summed E-state index contributed by atoms with van der Waals surface area (Å²) in [5.74, 6) is 0.781. The smallest absolute Gasteiger partial charge is 0.235 e. The number of aliphatic imine (C=N–C) groups is 1. The van der Waals surface area contributed by atoms with E-state index in [2.05, 4.69) is 10.1 Å². The van der Waals surface area contributed by atoms with Gasteiger partial charge in [-0.2, -0.15) is 5.10 Å². The van der Waals surface area contributed by atoms with Crippen LogP contribution in [0.1, 0.15) is 13.3 Å². The number of guanidine groups is 1. The van der Waals surface area contributed by atoms with Crippen LogP contribution < -0.4 is 0 Å². The fraction of sp³-hybridized carbons (Fsp3) is 0.625. The van der Waals surface area contributed by atoms with E-state index in [0.29, 0.717) is 25.5 Å². The minimum atomic E-state index is 0.0989. The SMILES string of the molecule is CC1=NN(C)C2=NCCN2C(=O)C1. The molecule has 2 heterocycles. The van der Waals surface area contributed by atoms with Gasteiger partial charge in [-0.1, -0.05) is 0 Å². The number of nitrogens with zero attached hydrogens (tertiary/aromatic N) is 4. The number of hydrazone groups is 1. The Morgan fingerprint density at radius 3 is 3.00 bits per heavy atom. The van der Waals surface area contributed by atoms with Gasteiger partial charge in [0.1, 0.15) is 0 Å². The first-order valence-electron chi connectivity index (χ1n) is 4.31. The molecule has 0 fully saturated rings. The average Bonchev–Trinajstić information content (AvgIpc) is 2.47. The first kappa shape index (κ1) is 8.22. The van der Waals surface area contributed by atoms with Crippen molar-refractivity contribution in [1.82, 2.24) is 9.91 Å². The summed E-state index contributed by atoms with van der Waals surface area (Å²) < 4.78 is 0. The lowest BCUT2D eigenvalue weighted by molar-refractivity contribution is -0.125. The van der Waals surface area contributed by atoms with Gasteiger partial charge >= 0.3 is 0 Å². The zero-order valence-corrected chi connectivity index (χ0v) is 7.82. The number of hydrogen-bond acceptors (Lipinski definition) is 4. The molecule has 0 radical (unpaired) electrons. The van der Waals surface area contributed by atoms with Crippen LogP contribution in [0.5, 0.6) is 0 Å². The normalized spacial score (nSPS) is 22.5. The van der Waals surface area contributed by atoms with Gasteiger partial charge in [-0.15, -0.1) is 0 Å². The summed E-state index contributed by atoms with van der Waals surface area (Å²) >= 11 is 0. The summed E-state index contributed by atoms with van der Waals surface area (Å²) in [6, 6.07) is 0. The van der Waals surface area contributed by atoms with E-state index in [9.17, 15) is 4.79 Å². The number of fused-ring (bicyclic) bond motifs is 1. The first-order valence-corrected chi connectivity index (χ1v) is 4.31. The van der Waals surface area contributed by atoms with Crippen LogP contribution in [0.4, 0.5) is 0 Å². The molecule has 0 aromatic rings. The van der Waals surface area contributed by atoms with Gasteiger partial charge in [0.05, 0.1) is 13.0 Å². The van der Waals surface area contributed by atoms with E-state index in [0.717, 1.165) is 5.71 Å². The summed E-state index contributed by atoms with van der Waals surface area (Å²) in [5.41, 5.74) is 0.838. The van der Waals surface area contributed by atoms with Crippen LogP contribution in [-0.4, -0.2) is 47.6 Å². The van der Waals surface area contributed by atoms with Gasteiger partial charge in [-0.3, -0.25) is 9.69 Å². The monoisotopic (exact) mass is 180 g/mol. The third-order valence-corrected chi connectivity index (χ3v) is 2.14. The van der Waals surface area contributed by atoms with Crippen LogP contribution >= 0.6 is 0 Å². The van der Waals surface area contributed by atoms with Gasteiger partial charge in [0.15, 0.2) is 0 Å². The molecule has 0 saturated heterocycles. The van der Waals surface area contributed by atoms with Crippen LogP contribution in [0, 0.1) is 0 Å². The third-order valence-electron chi connectivity index (χ3n) is 2.14. The lowest BCUT2D eigenvalue weighted by Crippen LogP contribution is -2.39. The Morgan fingerprint density at radius 2 is 2.23 bits per heavy atom. The van der Waals surface area contributed by atoms with E-state index in [1.807, 2.05) is 14.0 Å². The molecule has 0 N–H and O–H groups in total. The quantitative estimate of drug-likeness (QED) is 0.522. The Kier molecular flexibility index (Phi) is 1.79. The number of amides is 1. The maximum absolute atomic E-state index is 11.6. The Morgan fingerprint density at radius 1 is 1.46 bits per heavy atom. The van der Waals surface area contributed by atoms with E-state index >= 15 is 0 Å². The van der Waals surface area contributed by atoms with E-state index in [1.54, 1.807) is 9.91 Å². The Balaban J connectivity index is 2.35. The fourth-order valence-corrected chi connectivity index (χ4v) is 1.60. The van der Waals surface area contributed by atoms with E-state index in [4.69, 9.17) is 0 Å². The predicted octanol–water partition coefficient (Wildman–Crippen LogP) is -0.104. The molecule has 13 heavy (non-hydrogen) atoms. The minimum absolute atomic E-state index is 0.0989. The highest BCUT2D eigenvalue weighted by atomic mass is 16.2. The van der Waals surface area contributed by atoms with Gasteiger partial charge in [-0.25, -0.2) is 10.0 Å². The van der Waals surface area contributed by atoms with E-state index < -0.39 is 0 Å². The molecule has 0 aliphatic carbocycles. The Bertz CT molecular complexity index is 307. The lowest BCUT2D eigenvalue weighted by Gasteiger charge is -2.19. The average molecular weight is 180 g/mol. The van der Waals surface area contributed by atoms with E-state index in [-0.39, 0.29) is 5.91 Å². The first-order chi connectivity index (χ1) is 6.18.